The number of carbonyl (C=O) groups excluding carboxylic acids is 1. The number of nitrogens with one attached hydrogen (secondary N) is 1. The molecule has 7 heteroatoms. The third-order valence-electron chi connectivity index (χ3n) is 1.03. The first-order valence-corrected chi connectivity index (χ1v) is 5.18. The molecule has 1 rings (SSSR count). The molecule has 1 heterocycles. The molecular weight excluding hydrogens is 184 g/mol. The highest BCUT2D eigenvalue weighted by atomic mass is 32.2. The average molecular weight is 192 g/mol. The van der Waals surface area contributed by atoms with Gasteiger partial charge in [-0.1, -0.05) is 0 Å². The Balaban J connectivity index is 2.55. The zero-order valence-corrected chi connectivity index (χ0v) is 7.22. The van der Waals surface area contributed by atoms with Gasteiger partial charge in [0.15, 0.2) is 16.4 Å². The standard InChI is InChI=1S/C5H8N2O4S/c1-12(9,10)3-6-5-7-4(8)2-11-5/h2-3H2,1H3,(H,6,7,8). The van der Waals surface area contributed by atoms with Crippen LogP contribution in [0.3, 0.4) is 0 Å². The highest BCUT2D eigenvalue weighted by Gasteiger charge is 2.16. The molecule has 1 aliphatic heterocycles. The largest absolute Gasteiger partial charge is 0.455 e. The van der Waals surface area contributed by atoms with Crippen molar-refractivity contribution in [3.05, 3.63) is 0 Å². The predicted octanol–water partition coefficient (Wildman–Crippen LogP) is -1.51. The molecule has 1 amide bonds. The molecule has 12 heavy (non-hydrogen) atoms. The fourth-order valence-electron chi connectivity index (χ4n) is 0.586. The Morgan fingerprint density at radius 2 is 2.33 bits per heavy atom. The summed E-state index contributed by atoms with van der Waals surface area (Å²) in [7, 11) is -3.15. The Kier molecular flexibility index (Phi) is 2.32. The van der Waals surface area contributed by atoms with Gasteiger partial charge >= 0.3 is 0 Å². The number of nitrogens with zero attached hydrogens (tertiary/aromatic N) is 1. The molecule has 0 atom stereocenters. The van der Waals surface area contributed by atoms with Crippen LogP contribution in [0.25, 0.3) is 0 Å². The quantitative estimate of drug-likeness (QED) is 0.576. The SMILES string of the molecule is CS(=O)(=O)C/N=C1/NC(=O)CO1. The van der Waals surface area contributed by atoms with Crippen molar-refractivity contribution in [2.45, 2.75) is 0 Å². The Morgan fingerprint density at radius 3 is 2.75 bits per heavy atom. The number of hydrogen-bond donors (Lipinski definition) is 1. The van der Waals surface area contributed by atoms with Crippen LogP contribution < -0.4 is 5.32 Å². The molecule has 1 aliphatic rings. The lowest BCUT2D eigenvalue weighted by molar-refractivity contribution is -0.119. The van der Waals surface area contributed by atoms with Gasteiger partial charge < -0.3 is 4.74 Å². The lowest BCUT2D eigenvalue weighted by Crippen LogP contribution is -2.21. The zero-order valence-electron chi connectivity index (χ0n) is 6.40. The normalized spacial score (nSPS) is 20.8. The number of amides is 1. The summed E-state index contributed by atoms with van der Waals surface area (Å²) >= 11 is 0. The van der Waals surface area contributed by atoms with Gasteiger partial charge in [0.25, 0.3) is 11.9 Å². The number of carbonyl (C=O) groups is 1. The lowest BCUT2D eigenvalue weighted by atomic mass is 10.7. The predicted molar refractivity (Wildman–Crippen MR) is 41.2 cm³/mol. The second-order valence-electron chi connectivity index (χ2n) is 2.35. The maximum absolute atomic E-state index is 10.6. The smallest absolute Gasteiger partial charge is 0.293 e. The summed E-state index contributed by atoms with van der Waals surface area (Å²) in [5, 5.41) is 2.25. The summed E-state index contributed by atoms with van der Waals surface area (Å²) in [4.78, 5) is 14.0. The molecule has 1 N–H and O–H groups in total. The van der Waals surface area contributed by atoms with E-state index < -0.39 is 9.84 Å². The van der Waals surface area contributed by atoms with E-state index in [0.29, 0.717) is 0 Å². The first-order chi connectivity index (χ1) is 5.47. The average Bonchev–Trinajstić information content (AvgIpc) is 2.30. The lowest BCUT2D eigenvalue weighted by Gasteiger charge is -1.94. The Morgan fingerprint density at radius 1 is 1.67 bits per heavy atom. The number of sulfone groups is 1. The minimum absolute atomic E-state index is 0.0228. The molecule has 6 nitrogen and oxygen atoms in total. The van der Waals surface area contributed by atoms with Gasteiger partial charge in [-0.05, 0) is 0 Å². The summed E-state index contributed by atoms with van der Waals surface area (Å²) < 4.78 is 25.9. The van der Waals surface area contributed by atoms with Crippen molar-refractivity contribution in [2.75, 3.05) is 18.7 Å². The minimum Gasteiger partial charge on any atom is -0.455 e. The highest BCUT2D eigenvalue weighted by Crippen LogP contribution is 1.91. The van der Waals surface area contributed by atoms with E-state index in [1.807, 2.05) is 0 Å². The first-order valence-electron chi connectivity index (χ1n) is 3.12. The minimum atomic E-state index is -3.15. The highest BCUT2D eigenvalue weighted by molar-refractivity contribution is 7.90. The molecule has 0 aromatic rings. The van der Waals surface area contributed by atoms with E-state index in [4.69, 9.17) is 0 Å². The molecule has 1 fully saturated rings. The number of rotatable bonds is 2. The summed E-state index contributed by atoms with van der Waals surface area (Å²) in [6, 6.07) is -0.0228. The van der Waals surface area contributed by atoms with Crippen LogP contribution in [0.15, 0.2) is 4.99 Å². The van der Waals surface area contributed by atoms with Gasteiger partial charge in [0.2, 0.25) is 0 Å². The summed E-state index contributed by atoms with van der Waals surface area (Å²) in [5.74, 6) is -0.690. The topological polar surface area (TPSA) is 84.8 Å². The van der Waals surface area contributed by atoms with E-state index in [2.05, 4.69) is 15.0 Å². The van der Waals surface area contributed by atoms with Crippen molar-refractivity contribution >= 4 is 21.8 Å². The third kappa shape index (κ3) is 2.87. The maximum atomic E-state index is 10.6. The van der Waals surface area contributed by atoms with Crippen LogP contribution in [0.1, 0.15) is 0 Å². The summed E-state index contributed by atoms with van der Waals surface area (Å²) in [6.45, 7) is -0.0946. The van der Waals surface area contributed by atoms with E-state index in [1.54, 1.807) is 0 Å². The van der Waals surface area contributed by atoms with Gasteiger partial charge in [-0.3, -0.25) is 10.1 Å². The van der Waals surface area contributed by atoms with Gasteiger partial charge in [0.1, 0.15) is 5.88 Å². The van der Waals surface area contributed by atoms with Crippen LogP contribution in [-0.4, -0.2) is 39.1 Å². The molecule has 1 saturated heterocycles. The van der Waals surface area contributed by atoms with Gasteiger partial charge in [0.05, 0.1) is 0 Å². The number of amidine groups is 1. The molecule has 0 aromatic carbocycles. The van der Waals surface area contributed by atoms with Crippen molar-refractivity contribution in [3.63, 3.8) is 0 Å². The second-order valence-corrected chi connectivity index (χ2v) is 4.46. The van der Waals surface area contributed by atoms with Crippen molar-refractivity contribution in [1.29, 1.82) is 0 Å². The third-order valence-corrected chi connectivity index (χ3v) is 1.63. The molecule has 0 radical (unpaired) electrons. The van der Waals surface area contributed by atoms with Crippen LogP contribution in [0.4, 0.5) is 0 Å². The number of hydrogen-bond acceptors (Lipinski definition) is 5. The van der Waals surface area contributed by atoms with Crippen molar-refractivity contribution in [3.8, 4) is 0 Å². The maximum Gasteiger partial charge on any atom is 0.293 e. The molecule has 0 aliphatic carbocycles. The first kappa shape index (κ1) is 8.98. The van der Waals surface area contributed by atoms with Crippen LogP contribution in [0.5, 0.6) is 0 Å². The van der Waals surface area contributed by atoms with E-state index in [-0.39, 0.29) is 24.4 Å². The molecule has 0 aromatic heterocycles. The molecule has 0 saturated carbocycles. The second kappa shape index (κ2) is 3.10. The number of ether oxygens (including phenoxy) is 1. The fraction of sp³-hybridized carbons (Fsp3) is 0.600. The molecule has 0 bridgehead atoms. The Labute approximate surface area is 69.5 Å². The van der Waals surface area contributed by atoms with Gasteiger partial charge in [0, 0.05) is 6.26 Å². The van der Waals surface area contributed by atoms with Crippen molar-refractivity contribution < 1.29 is 17.9 Å². The van der Waals surface area contributed by atoms with Gasteiger partial charge in [-0.25, -0.2) is 13.4 Å². The summed E-state index contributed by atoms with van der Waals surface area (Å²) in [6.07, 6.45) is 1.05. The van der Waals surface area contributed by atoms with Gasteiger partial charge in [-0.15, -0.1) is 0 Å². The fourth-order valence-corrected chi connectivity index (χ4v) is 0.938. The number of aliphatic imine (C=N–C) groups is 1. The van der Waals surface area contributed by atoms with Crippen LogP contribution in [0, 0.1) is 0 Å². The van der Waals surface area contributed by atoms with Crippen LogP contribution in [-0.2, 0) is 19.4 Å². The van der Waals surface area contributed by atoms with Crippen molar-refractivity contribution in [2.24, 2.45) is 4.99 Å². The Bertz CT molecular complexity index is 318. The van der Waals surface area contributed by atoms with Gasteiger partial charge in [-0.2, -0.15) is 0 Å². The van der Waals surface area contributed by atoms with E-state index in [9.17, 15) is 13.2 Å². The molecule has 0 spiro atoms. The monoisotopic (exact) mass is 192 g/mol. The molecule has 0 unspecified atom stereocenters. The molecule has 68 valence electrons. The molecular formula is C5H8N2O4S. The van der Waals surface area contributed by atoms with E-state index in [0.717, 1.165) is 6.26 Å². The van der Waals surface area contributed by atoms with E-state index in [1.165, 1.54) is 0 Å². The van der Waals surface area contributed by atoms with Crippen LogP contribution in [0.2, 0.25) is 0 Å². The Hall–Kier alpha value is -1.11. The summed E-state index contributed by atoms with van der Waals surface area (Å²) in [5.41, 5.74) is 0. The van der Waals surface area contributed by atoms with Crippen molar-refractivity contribution in [1.82, 2.24) is 5.32 Å². The van der Waals surface area contributed by atoms with E-state index >= 15 is 0 Å². The zero-order chi connectivity index (χ0) is 9.19. The van der Waals surface area contributed by atoms with Crippen LogP contribution >= 0.6 is 0 Å².